The van der Waals surface area contributed by atoms with E-state index in [1.807, 2.05) is 42.5 Å². The highest BCUT2D eigenvalue weighted by atomic mass is 35.5. The first kappa shape index (κ1) is 22.9. The summed E-state index contributed by atoms with van der Waals surface area (Å²) in [4.78, 5) is 11.4. The maximum absolute atomic E-state index is 6.29. The van der Waals surface area contributed by atoms with E-state index in [0.717, 1.165) is 65.3 Å². The zero-order valence-electron chi connectivity index (χ0n) is 16.9. The Morgan fingerprint density at radius 2 is 1.55 bits per heavy atom. The van der Waals surface area contributed by atoms with Gasteiger partial charge in [-0.05, 0) is 42.7 Å². The standard InChI is InChI=1S/C23H23N5O.2ClH/c24-17-8-6-16(7-9-17)21-19(15-4-2-1-3-5-15)20-22(26-14-27-23(20)29-21)28-12-10-18(25)11-13-28;;/h1-9,14,18H,10-13,24-25H2;2*1H. The van der Waals surface area contributed by atoms with Gasteiger partial charge in [-0.15, -0.1) is 24.8 Å². The molecule has 1 aliphatic rings. The van der Waals surface area contributed by atoms with E-state index >= 15 is 0 Å². The summed E-state index contributed by atoms with van der Waals surface area (Å²) in [6.45, 7) is 1.76. The van der Waals surface area contributed by atoms with Gasteiger partial charge in [0, 0.05) is 35.9 Å². The van der Waals surface area contributed by atoms with Crippen molar-refractivity contribution >= 4 is 47.4 Å². The number of halogens is 2. The molecule has 1 fully saturated rings. The molecule has 2 aromatic heterocycles. The molecule has 1 saturated heterocycles. The monoisotopic (exact) mass is 457 g/mol. The summed E-state index contributed by atoms with van der Waals surface area (Å²) in [5.74, 6) is 1.69. The number of nitrogen functional groups attached to an aromatic ring is 1. The Morgan fingerprint density at radius 3 is 2.23 bits per heavy atom. The van der Waals surface area contributed by atoms with E-state index in [2.05, 4.69) is 27.0 Å². The molecule has 0 saturated carbocycles. The van der Waals surface area contributed by atoms with E-state index in [9.17, 15) is 0 Å². The van der Waals surface area contributed by atoms with Crippen molar-refractivity contribution in [3.8, 4) is 22.5 Å². The lowest BCUT2D eigenvalue weighted by Gasteiger charge is -2.31. The number of piperidine rings is 1. The summed E-state index contributed by atoms with van der Waals surface area (Å²) in [5.41, 5.74) is 16.4. The molecule has 0 bridgehead atoms. The van der Waals surface area contributed by atoms with Crippen LogP contribution in [0, 0.1) is 0 Å². The van der Waals surface area contributed by atoms with Crippen LogP contribution in [0.2, 0.25) is 0 Å². The van der Waals surface area contributed by atoms with Crippen LogP contribution in [0.4, 0.5) is 11.5 Å². The van der Waals surface area contributed by atoms with E-state index < -0.39 is 0 Å². The number of hydrogen-bond donors (Lipinski definition) is 2. The molecule has 0 radical (unpaired) electrons. The third-order valence-corrected chi connectivity index (χ3v) is 5.54. The minimum Gasteiger partial charge on any atom is -0.437 e. The predicted octanol–water partition coefficient (Wildman–Crippen LogP) is 4.91. The molecule has 8 heteroatoms. The number of furan rings is 1. The Kier molecular flexibility index (Phi) is 7.05. The fourth-order valence-corrected chi connectivity index (χ4v) is 3.99. The van der Waals surface area contributed by atoms with Gasteiger partial charge in [-0.2, -0.15) is 0 Å². The molecule has 5 rings (SSSR count). The number of benzene rings is 2. The molecule has 1 aliphatic heterocycles. The van der Waals surface area contributed by atoms with Crippen molar-refractivity contribution in [3.63, 3.8) is 0 Å². The minimum atomic E-state index is 0. The molecule has 0 aliphatic carbocycles. The third kappa shape index (κ3) is 4.32. The number of nitrogens with two attached hydrogens (primary N) is 2. The molecule has 4 aromatic rings. The van der Waals surface area contributed by atoms with Crippen LogP contribution in [-0.2, 0) is 0 Å². The molecule has 2 aromatic carbocycles. The molecule has 162 valence electrons. The Morgan fingerprint density at radius 1 is 0.871 bits per heavy atom. The second-order valence-corrected chi connectivity index (χ2v) is 7.50. The van der Waals surface area contributed by atoms with Gasteiger partial charge in [-0.25, -0.2) is 9.97 Å². The molecule has 0 unspecified atom stereocenters. The molecule has 0 amide bonds. The van der Waals surface area contributed by atoms with E-state index in [1.54, 1.807) is 6.33 Å². The van der Waals surface area contributed by atoms with Crippen LogP contribution in [0.3, 0.4) is 0 Å². The first-order chi connectivity index (χ1) is 14.2. The van der Waals surface area contributed by atoms with Crippen molar-refractivity contribution in [2.75, 3.05) is 23.7 Å². The Hall–Kier alpha value is -2.80. The van der Waals surface area contributed by atoms with Crippen molar-refractivity contribution in [1.29, 1.82) is 0 Å². The van der Waals surface area contributed by atoms with E-state index in [4.69, 9.17) is 15.9 Å². The zero-order valence-corrected chi connectivity index (χ0v) is 18.5. The number of aromatic nitrogens is 2. The van der Waals surface area contributed by atoms with Crippen LogP contribution in [0.15, 0.2) is 65.3 Å². The second-order valence-electron chi connectivity index (χ2n) is 7.50. The summed E-state index contributed by atoms with van der Waals surface area (Å²) in [6.07, 6.45) is 3.49. The van der Waals surface area contributed by atoms with Gasteiger partial charge in [0.25, 0.3) is 0 Å². The largest absolute Gasteiger partial charge is 0.437 e. The average Bonchev–Trinajstić information content (AvgIpc) is 3.15. The Balaban J connectivity index is 0.00000136. The van der Waals surface area contributed by atoms with Gasteiger partial charge in [0.05, 0.1) is 5.39 Å². The van der Waals surface area contributed by atoms with Gasteiger partial charge in [-0.1, -0.05) is 30.3 Å². The zero-order chi connectivity index (χ0) is 19.8. The van der Waals surface area contributed by atoms with Crippen molar-refractivity contribution < 1.29 is 4.42 Å². The van der Waals surface area contributed by atoms with Crippen molar-refractivity contribution in [3.05, 3.63) is 60.9 Å². The lowest BCUT2D eigenvalue weighted by Crippen LogP contribution is -2.40. The number of rotatable bonds is 3. The predicted molar refractivity (Wildman–Crippen MR) is 131 cm³/mol. The average molecular weight is 458 g/mol. The van der Waals surface area contributed by atoms with Crippen LogP contribution >= 0.6 is 24.8 Å². The lowest BCUT2D eigenvalue weighted by atomic mass is 9.98. The van der Waals surface area contributed by atoms with Crippen LogP contribution < -0.4 is 16.4 Å². The number of nitrogens with zero attached hydrogens (tertiary/aromatic N) is 3. The Bertz CT molecular complexity index is 1140. The SMILES string of the molecule is Cl.Cl.Nc1ccc(-c2oc3ncnc(N4CCC(N)CC4)c3c2-c2ccccc2)cc1. The normalized spacial score (nSPS) is 14.2. The fraction of sp³-hybridized carbons (Fsp3) is 0.217. The Labute approximate surface area is 193 Å². The van der Waals surface area contributed by atoms with Crippen LogP contribution in [0.5, 0.6) is 0 Å². The third-order valence-electron chi connectivity index (χ3n) is 5.54. The summed E-state index contributed by atoms with van der Waals surface area (Å²) < 4.78 is 6.29. The number of anilines is 2. The highest BCUT2D eigenvalue weighted by Crippen LogP contribution is 2.43. The first-order valence-corrected chi connectivity index (χ1v) is 9.90. The quantitative estimate of drug-likeness (QED) is 0.424. The van der Waals surface area contributed by atoms with Gasteiger partial charge in [0.15, 0.2) is 0 Å². The topological polar surface area (TPSA) is 94.2 Å². The highest BCUT2D eigenvalue weighted by Gasteiger charge is 2.26. The molecular formula is C23H25Cl2N5O. The van der Waals surface area contributed by atoms with E-state index in [-0.39, 0.29) is 30.9 Å². The maximum Gasteiger partial charge on any atom is 0.232 e. The van der Waals surface area contributed by atoms with Gasteiger partial charge in [0.2, 0.25) is 5.71 Å². The van der Waals surface area contributed by atoms with Crippen molar-refractivity contribution in [2.45, 2.75) is 18.9 Å². The van der Waals surface area contributed by atoms with Gasteiger partial charge < -0.3 is 20.8 Å². The molecule has 6 nitrogen and oxygen atoms in total. The molecule has 0 atom stereocenters. The lowest BCUT2D eigenvalue weighted by molar-refractivity contribution is 0.499. The summed E-state index contributed by atoms with van der Waals surface area (Å²) in [5, 5.41) is 0.945. The summed E-state index contributed by atoms with van der Waals surface area (Å²) in [7, 11) is 0. The summed E-state index contributed by atoms with van der Waals surface area (Å²) >= 11 is 0. The maximum atomic E-state index is 6.29. The van der Waals surface area contributed by atoms with Crippen molar-refractivity contribution in [2.24, 2.45) is 5.73 Å². The van der Waals surface area contributed by atoms with Crippen LogP contribution in [0.25, 0.3) is 33.6 Å². The first-order valence-electron chi connectivity index (χ1n) is 9.90. The number of hydrogen-bond acceptors (Lipinski definition) is 6. The van der Waals surface area contributed by atoms with E-state index in [1.165, 1.54) is 0 Å². The molecular weight excluding hydrogens is 433 g/mol. The fourth-order valence-electron chi connectivity index (χ4n) is 3.99. The highest BCUT2D eigenvalue weighted by molar-refractivity contribution is 6.06. The minimum absolute atomic E-state index is 0. The van der Waals surface area contributed by atoms with Gasteiger partial charge >= 0.3 is 0 Å². The van der Waals surface area contributed by atoms with Crippen LogP contribution in [-0.4, -0.2) is 29.1 Å². The van der Waals surface area contributed by atoms with Crippen molar-refractivity contribution in [1.82, 2.24) is 9.97 Å². The van der Waals surface area contributed by atoms with Crippen LogP contribution in [0.1, 0.15) is 12.8 Å². The summed E-state index contributed by atoms with van der Waals surface area (Å²) in [6, 6.07) is 18.2. The molecule has 31 heavy (non-hydrogen) atoms. The molecule has 0 spiro atoms. The van der Waals surface area contributed by atoms with Gasteiger partial charge in [-0.3, -0.25) is 0 Å². The smallest absolute Gasteiger partial charge is 0.232 e. The van der Waals surface area contributed by atoms with E-state index in [0.29, 0.717) is 5.71 Å². The number of fused-ring (bicyclic) bond motifs is 1. The second kappa shape index (κ2) is 9.56. The molecule has 4 N–H and O–H groups in total. The van der Waals surface area contributed by atoms with Gasteiger partial charge in [0.1, 0.15) is 17.9 Å². The molecule has 3 heterocycles.